The minimum absolute atomic E-state index is 0.422. The highest BCUT2D eigenvalue weighted by molar-refractivity contribution is 6.39. The Balaban J connectivity index is 2.13. The predicted octanol–water partition coefficient (Wildman–Crippen LogP) is 4.45. The number of nitrogens with zero attached hydrogens (tertiary/aromatic N) is 1. The van der Waals surface area contributed by atoms with Crippen LogP contribution >= 0.6 is 23.2 Å². The number of hydrogen-bond donors (Lipinski definition) is 1. The van der Waals surface area contributed by atoms with Crippen LogP contribution in [0.25, 0.3) is 11.3 Å². The van der Waals surface area contributed by atoms with Crippen LogP contribution < -0.4 is 0 Å². The number of rotatable bonds is 4. The molecule has 0 bridgehead atoms. The third kappa shape index (κ3) is 2.58. The molecule has 1 heterocycles. The van der Waals surface area contributed by atoms with Crippen LogP contribution in [-0.2, 0) is 6.42 Å². The van der Waals surface area contributed by atoms with Crippen LogP contribution in [0.5, 0.6) is 0 Å². The SMILES string of the molecule is CC(O)Cc1c(-c2c(Cl)cccc2Cl)noc1C1CC1. The molecule has 3 nitrogen and oxygen atoms in total. The summed E-state index contributed by atoms with van der Waals surface area (Å²) in [6, 6.07) is 5.35. The van der Waals surface area contributed by atoms with Crippen molar-refractivity contribution in [2.45, 2.75) is 38.2 Å². The van der Waals surface area contributed by atoms with Crippen molar-refractivity contribution < 1.29 is 9.63 Å². The fourth-order valence-electron chi connectivity index (χ4n) is 2.40. The molecule has 20 heavy (non-hydrogen) atoms. The summed E-state index contributed by atoms with van der Waals surface area (Å²) in [5, 5.41) is 15.0. The highest BCUT2D eigenvalue weighted by Gasteiger charge is 2.33. The lowest BCUT2D eigenvalue weighted by atomic mass is 9.99. The second-order valence-corrected chi connectivity index (χ2v) is 6.11. The summed E-state index contributed by atoms with van der Waals surface area (Å²) in [6.45, 7) is 1.75. The highest BCUT2D eigenvalue weighted by atomic mass is 35.5. The van der Waals surface area contributed by atoms with E-state index >= 15 is 0 Å². The smallest absolute Gasteiger partial charge is 0.143 e. The zero-order chi connectivity index (χ0) is 14.3. The molecular weight excluding hydrogens is 297 g/mol. The van der Waals surface area contributed by atoms with E-state index in [-0.39, 0.29) is 0 Å². The molecule has 1 unspecified atom stereocenters. The normalized spacial score (nSPS) is 16.4. The quantitative estimate of drug-likeness (QED) is 0.907. The molecule has 1 atom stereocenters. The standard InChI is InChI=1S/C15H15Cl2NO2/c1-8(19)7-10-14(18-20-15(10)9-5-6-9)13-11(16)3-2-4-12(13)17/h2-4,8-9,19H,5-7H2,1H3. The Morgan fingerprint density at radius 3 is 2.55 bits per heavy atom. The van der Waals surface area contributed by atoms with Crippen molar-refractivity contribution in [2.75, 3.05) is 0 Å². The van der Waals surface area contributed by atoms with E-state index in [1.54, 1.807) is 25.1 Å². The van der Waals surface area contributed by atoms with Crippen molar-refractivity contribution in [2.24, 2.45) is 0 Å². The van der Waals surface area contributed by atoms with Crippen LogP contribution in [0.15, 0.2) is 22.7 Å². The zero-order valence-corrected chi connectivity index (χ0v) is 12.6. The number of halogens is 2. The summed E-state index contributed by atoms with van der Waals surface area (Å²) in [4.78, 5) is 0. The number of aliphatic hydroxyl groups is 1. The Kier molecular flexibility index (Phi) is 3.76. The summed E-state index contributed by atoms with van der Waals surface area (Å²) >= 11 is 12.5. The first-order valence-corrected chi connectivity index (χ1v) is 7.44. The third-order valence-corrected chi connectivity index (χ3v) is 4.10. The molecule has 106 valence electrons. The van der Waals surface area contributed by atoms with Gasteiger partial charge in [-0.05, 0) is 31.9 Å². The molecule has 0 radical (unpaired) electrons. The van der Waals surface area contributed by atoms with Crippen LogP contribution in [0.1, 0.15) is 37.0 Å². The van der Waals surface area contributed by atoms with E-state index in [2.05, 4.69) is 5.16 Å². The van der Waals surface area contributed by atoms with Gasteiger partial charge in [0.05, 0.1) is 16.1 Å². The van der Waals surface area contributed by atoms with Gasteiger partial charge in [-0.25, -0.2) is 0 Å². The third-order valence-electron chi connectivity index (χ3n) is 3.47. The van der Waals surface area contributed by atoms with Crippen LogP contribution in [0.3, 0.4) is 0 Å². The first-order valence-electron chi connectivity index (χ1n) is 6.68. The molecule has 1 aliphatic carbocycles. The average Bonchev–Trinajstić information content (AvgIpc) is 3.13. The second kappa shape index (κ2) is 5.40. The van der Waals surface area contributed by atoms with Gasteiger partial charge in [0.1, 0.15) is 11.5 Å². The van der Waals surface area contributed by atoms with Gasteiger partial charge >= 0.3 is 0 Å². The predicted molar refractivity (Wildman–Crippen MR) is 79.3 cm³/mol. The fraction of sp³-hybridized carbons (Fsp3) is 0.400. The lowest BCUT2D eigenvalue weighted by Crippen LogP contribution is -2.06. The van der Waals surface area contributed by atoms with Crippen LogP contribution in [0.4, 0.5) is 0 Å². The van der Waals surface area contributed by atoms with Crippen LogP contribution in [-0.4, -0.2) is 16.4 Å². The van der Waals surface area contributed by atoms with Crippen molar-refractivity contribution in [1.29, 1.82) is 0 Å². The van der Waals surface area contributed by atoms with E-state index in [0.29, 0.717) is 33.6 Å². The maximum Gasteiger partial charge on any atom is 0.143 e. The number of aromatic nitrogens is 1. The Morgan fingerprint density at radius 2 is 2.00 bits per heavy atom. The van der Waals surface area contributed by atoms with Gasteiger partial charge in [0.15, 0.2) is 0 Å². The molecule has 1 aromatic heterocycles. The van der Waals surface area contributed by atoms with Crippen molar-refractivity contribution in [3.05, 3.63) is 39.6 Å². The topological polar surface area (TPSA) is 46.3 Å². The molecule has 0 aliphatic heterocycles. The Morgan fingerprint density at radius 1 is 1.35 bits per heavy atom. The minimum Gasteiger partial charge on any atom is -0.393 e. The number of benzene rings is 1. The summed E-state index contributed by atoms with van der Waals surface area (Å²) in [5.41, 5.74) is 2.27. The molecule has 1 fully saturated rings. The zero-order valence-electron chi connectivity index (χ0n) is 11.1. The van der Waals surface area contributed by atoms with Gasteiger partial charge in [0.25, 0.3) is 0 Å². The molecule has 0 saturated heterocycles. The van der Waals surface area contributed by atoms with Gasteiger partial charge in [-0.15, -0.1) is 0 Å². The van der Waals surface area contributed by atoms with E-state index in [9.17, 15) is 5.11 Å². The van der Waals surface area contributed by atoms with E-state index in [1.807, 2.05) is 0 Å². The molecule has 1 N–H and O–H groups in total. The minimum atomic E-state index is -0.466. The lowest BCUT2D eigenvalue weighted by molar-refractivity contribution is 0.194. The maximum atomic E-state index is 9.73. The molecule has 0 spiro atoms. The fourth-order valence-corrected chi connectivity index (χ4v) is 2.98. The molecular formula is C15H15Cl2NO2. The van der Waals surface area contributed by atoms with E-state index in [0.717, 1.165) is 24.2 Å². The first-order chi connectivity index (χ1) is 9.58. The van der Waals surface area contributed by atoms with Gasteiger partial charge in [0, 0.05) is 23.5 Å². The van der Waals surface area contributed by atoms with Crippen molar-refractivity contribution in [3.63, 3.8) is 0 Å². The van der Waals surface area contributed by atoms with Gasteiger partial charge < -0.3 is 9.63 Å². The van der Waals surface area contributed by atoms with Crippen LogP contribution in [0, 0.1) is 0 Å². The van der Waals surface area contributed by atoms with E-state index in [1.165, 1.54) is 0 Å². The van der Waals surface area contributed by atoms with Gasteiger partial charge in [-0.3, -0.25) is 0 Å². The Hall–Kier alpha value is -1.03. The average molecular weight is 312 g/mol. The molecule has 3 rings (SSSR count). The molecule has 5 heteroatoms. The molecule has 1 aromatic carbocycles. The highest BCUT2D eigenvalue weighted by Crippen LogP contribution is 2.46. The Bertz CT molecular complexity index is 613. The maximum absolute atomic E-state index is 9.73. The summed E-state index contributed by atoms with van der Waals surface area (Å²) in [6.07, 6.45) is 2.24. The molecule has 0 amide bonds. The van der Waals surface area contributed by atoms with E-state index < -0.39 is 6.10 Å². The Labute approximate surface area is 127 Å². The molecule has 1 aliphatic rings. The van der Waals surface area contributed by atoms with Gasteiger partial charge in [-0.1, -0.05) is 34.4 Å². The van der Waals surface area contributed by atoms with Crippen molar-refractivity contribution >= 4 is 23.2 Å². The number of aliphatic hydroxyl groups excluding tert-OH is 1. The molecule has 2 aromatic rings. The van der Waals surface area contributed by atoms with Crippen LogP contribution in [0.2, 0.25) is 10.0 Å². The largest absolute Gasteiger partial charge is 0.393 e. The summed E-state index contributed by atoms with van der Waals surface area (Å²) in [7, 11) is 0. The van der Waals surface area contributed by atoms with Gasteiger partial charge in [0.2, 0.25) is 0 Å². The monoisotopic (exact) mass is 311 g/mol. The lowest BCUT2D eigenvalue weighted by Gasteiger charge is -2.08. The first kappa shape index (κ1) is 13.9. The summed E-state index contributed by atoms with van der Waals surface area (Å²) in [5.74, 6) is 1.29. The van der Waals surface area contributed by atoms with Crippen molar-refractivity contribution in [1.82, 2.24) is 5.16 Å². The number of hydrogen-bond acceptors (Lipinski definition) is 3. The van der Waals surface area contributed by atoms with Gasteiger partial charge in [-0.2, -0.15) is 0 Å². The summed E-state index contributed by atoms with van der Waals surface area (Å²) < 4.78 is 5.51. The molecule has 1 saturated carbocycles. The second-order valence-electron chi connectivity index (χ2n) is 5.30. The van der Waals surface area contributed by atoms with Crippen molar-refractivity contribution in [3.8, 4) is 11.3 Å². The van der Waals surface area contributed by atoms with E-state index in [4.69, 9.17) is 27.7 Å².